The fourth-order valence-electron chi connectivity index (χ4n) is 1.49. The summed E-state index contributed by atoms with van der Waals surface area (Å²) in [6.07, 6.45) is 1.64. The summed E-state index contributed by atoms with van der Waals surface area (Å²) >= 11 is 0. The van der Waals surface area contributed by atoms with Crippen LogP contribution in [0, 0.1) is 5.92 Å². The van der Waals surface area contributed by atoms with Crippen LogP contribution in [0.2, 0.25) is 0 Å². The highest BCUT2D eigenvalue weighted by Crippen LogP contribution is 2.14. The van der Waals surface area contributed by atoms with E-state index < -0.39 is 20.8 Å². The lowest BCUT2D eigenvalue weighted by atomic mass is 10.0. The SMILES string of the molecule is CC(C)COCCCC(C)(C)NS(=O)(=O)C(C)C. The molecule has 1 N–H and O–H groups in total. The molecular formula is C13H29NO3S. The van der Waals surface area contributed by atoms with E-state index in [0.29, 0.717) is 12.5 Å². The van der Waals surface area contributed by atoms with Gasteiger partial charge in [-0.3, -0.25) is 0 Å². The van der Waals surface area contributed by atoms with Gasteiger partial charge in [-0.1, -0.05) is 13.8 Å². The predicted octanol–water partition coefficient (Wildman–Crippen LogP) is 2.55. The minimum Gasteiger partial charge on any atom is -0.381 e. The third-order valence-corrected chi connectivity index (χ3v) is 4.66. The molecule has 0 spiro atoms. The molecular weight excluding hydrogens is 250 g/mol. The lowest BCUT2D eigenvalue weighted by molar-refractivity contribution is 0.103. The molecule has 0 rings (SSSR count). The van der Waals surface area contributed by atoms with Gasteiger partial charge < -0.3 is 4.74 Å². The third-order valence-electron chi connectivity index (χ3n) is 2.58. The van der Waals surface area contributed by atoms with Crippen molar-refractivity contribution in [2.45, 2.75) is 65.2 Å². The molecule has 0 heterocycles. The number of nitrogens with one attached hydrogen (secondary N) is 1. The van der Waals surface area contributed by atoms with Crippen molar-refractivity contribution in [1.82, 2.24) is 4.72 Å². The van der Waals surface area contributed by atoms with Crippen molar-refractivity contribution in [2.24, 2.45) is 5.92 Å². The number of ether oxygens (including phenoxy) is 1. The van der Waals surface area contributed by atoms with E-state index in [4.69, 9.17) is 4.74 Å². The Kier molecular flexibility index (Phi) is 7.40. The minimum atomic E-state index is -3.20. The monoisotopic (exact) mass is 279 g/mol. The van der Waals surface area contributed by atoms with Crippen molar-refractivity contribution in [3.05, 3.63) is 0 Å². The lowest BCUT2D eigenvalue weighted by Crippen LogP contribution is -2.46. The molecule has 0 aliphatic heterocycles. The molecule has 0 radical (unpaired) electrons. The summed E-state index contributed by atoms with van der Waals surface area (Å²) in [7, 11) is -3.20. The molecule has 0 aliphatic rings. The second-order valence-electron chi connectivity index (χ2n) is 6.15. The molecule has 0 aromatic rings. The molecule has 0 aromatic carbocycles. The van der Waals surface area contributed by atoms with E-state index in [0.717, 1.165) is 19.4 Å². The Morgan fingerprint density at radius 2 is 1.72 bits per heavy atom. The van der Waals surface area contributed by atoms with Crippen molar-refractivity contribution < 1.29 is 13.2 Å². The summed E-state index contributed by atoms with van der Waals surface area (Å²) in [5.74, 6) is 0.539. The zero-order valence-corrected chi connectivity index (χ0v) is 13.4. The molecule has 0 aliphatic carbocycles. The van der Waals surface area contributed by atoms with Crippen molar-refractivity contribution in [2.75, 3.05) is 13.2 Å². The lowest BCUT2D eigenvalue weighted by Gasteiger charge is -2.27. The largest absolute Gasteiger partial charge is 0.381 e. The standard InChI is InChI=1S/C13H29NO3S/c1-11(2)10-17-9-7-8-13(5,6)14-18(15,16)12(3)4/h11-12,14H,7-10H2,1-6H3. The molecule has 110 valence electrons. The van der Waals surface area contributed by atoms with Crippen molar-refractivity contribution in [1.29, 1.82) is 0 Å². The van der Waals surface area contributed by atoms with E-state index in [1.807, 2.05) is 13.8 Å². The van der Waals surface area contributed by atoms with Gasteiger partial charge >= 0.3 is 0 Å². The Morgan fingerprint density at radius 3 is 2.17 bits per heavy atom. The molecule has 4 nitrogen and oxygen atoms in total. The maximum absolute atomic E-state index is 11.8. The molecule has 0 unspecified atom stereocenters. The molecule has 0 aromatic heterocycles. The Labute approximate surface area is 113 Å². The highest BCUT2D eigenvalue weighted by atomic mass is 32.2. The zero-order chi connectivity index (χ0) is 14.4. The second kappa shape index (κ2) is 7.46. The fraction of sp³-hybridized carbons (Fsp3) is 1.00. The summed E-state index contributed by atoms with van der Waals surface area (Å²) in [4.78, 5) is 0. The molecule has 18 heavy (non-hydrogen) atoms. The van der Waals surface area contributed by atoms with Crippen LogP contribution in [0.3, 0.4) is 0 Å². The Morgan fingerprint density at radius 1 is 1.17 bits per heavy atom. The summed E-state index contributed by atoms with van der Waals surface area (Å²) in [5.41, 5.74) is -0.412. The van der Waals surface area contributed by atoms with Crippen molar-refractivity contribution >= 4 is 10.0 Å². The first kappa shape index (κ1) is 17.9. The highest BCUT2D eigenvalue weighted by molar-refractivity contribution is 7.90. The van der Waals surface area contributed by atoms with E-state index in [1.165, 1.54) is 0 Å². The van der Waals surface area contributed by atoms with E-state index in [9.17, 15) is 8.42 Å². The molecule has 0 saturated heterocycles. The van der Waals surface area contributed by atoms with Gasteiger partial charge in [0.05, 0.1) is 5.25 Å². The predicted molar refractivity (Wildman–Crippen MR) is 76.2 cm³/mol. The van der Waals surface area contributed by atoms with Gasteiger partial charge in [0, 0.05) is 18.8 Å². The van der Waals surface area contributed by atoms with Gasteiger partial charge in [-0.05, 0) is 46.5 Å². The molecule has 0 atom stereocenters. The van der Waals surface area contributed by atoms with Crippen LogP contribution in [0.5, 0.6) is 0 Å². The first-order chi connectivity index (χ1) is 8.07. The average molecular weight is 279 g/mol. The minimum absolute atomic E-state index is 0.394. The van der Waals surface area contributed by atoms with Gasteiger partial charge in [-0.25, -0.2) is 13.1 Å². The number of rotatable bonds is 9. The van der Waals surface area contributed by atoms with E-state index in [1.54, 1.807) is 13.8 Å². The molecule has 5 heteroatoms. The maximum atomic E-state index is 11.8. The Bertz CT molecular complexity index is 321. The first-order valence-electron chi connectivity index (χ1n) is 6.67. The van der Waals surface area contributed by atoms with E-state index >= 15 is 0 Å². The van der Waals surface area contributed by atoms with Crippen LogP contribution in [0.1, 0.15) is 54.4 Å². The molecule has 0 saturated carbocycles. The van der Waals surface area contributed by atoms with Gasteiger partial charge in [0.25, 0.3) is 0 Å². The Hall–Kier alpha value is -0.130. The number of hydrogen-bond acceptors (Lipinski definition) is 3. The van der Waals surface area contributed by atoms with Crippen LogP contribution in [-0.4, -0.2) is 32.4 Å². The summed E-state index contributed by atoms with van der Waals surface area (Å²) in [5, 5.41) is -0.394. The van der Waals surface area contributed by atoms with Gasteiger partial charge in [0.2, 0.25) is 10.0 Å². The molecule has 0 bridgehead atoms. The quantitative estimate of drug-likeness (QED) is 0.660. The summed E-state index contributed by atoms with van der Waals surface area (Å²) in [6.45, 7) is 12.9. The van der Waals surface area contributed by atoms with Gasteiger partial charge in [0.15, 0.2) is 0 Å². The van der Waals surface area contributed by atoms with E-state index in [2.05, 4.69) is 18.6 Å². The van der Waals surface area contributed by atoms with Crippen molar-refractivity contribution in [3.63, 3.8) is 0 Å². The van der Waals surface area contributed by atoms with Gasteiger partial charge in [0.1, 0.15) is 0 Å². The van der Waals surface area contributed by atoms with Gasteiger partial charge in [-0.2, -0.15) is 0 Å². The Balaban J connectivity index is 4.02. The fourth-order valence-corrected chi connectivity index (χ4v) is 2.60. The topological polar surface area (TPSA) is 55.4 Å². The first-order valence-corrected chi connectivity index (χ1v) is 8.22. The normalized spacial score (nSPS) is 13.6. The van der Waals surface area contributed by atoms with Crippen LogP contribution in [0.4, 0.5) is 0 Å². The van der Waals surface area contributed by atoms with Crippen LogP contribution in [-0.2, 0) is 14.8 Å². The van der Waals surface area contributed by atoms with Crippen LogP contribution in [0.15, 0.2) is 0 Å². The average Bonchev–Trinajstić information content (AvgIpc) is 2.14. The van der Waals surface area contributed by atoms with Crippen LogP contribution in [0.25, 0.3) is 0 Å². The van der Waals surface area contributed by atoms with Crippen LogP contribution >= 0.6 is 0 Å². The number of sulfonamides is 1. The maximum Gasteiger partial charge on any atom is 0.214 e. The van der Waals surface area contributed by atoms with E-state index in [-0.39, 0.29) is 0 Å². The smallest absolute Gasteiger partial charge is 0.214 e. The summed E-state index contributed by atoms with van der Waals surface area (Å²) in [6, 6.07) is 0. The molecule has 0 fully saturated rings. The zero-order valence-electron chi connectivity index (χ0n) is 12.6. The highest BCUT2D eigenvalue weighted by Gasteiger charge is 2.26. The number of hydrogen-bond donors (Lipinski definition) is 1. The third kappa shape index (κ3) is 8.06. The summed E-state index contributed by atoms with van der Waals surface area (Å²) < 4.78 is 31.8. The van der Waals surface area contributed by atoms with Crippen molar-refractivity contribution in [3.8, 4) is 0 Å². The van der Waals surface area contributed by atoms with Crippen LogP contribution < -0.4 is 4.72 Å². The van der Waals surface area contributed by atoms with Gasteiger partial charge in [-0.15, -0.1) is 0 Å². The second-order valence-corrected chi connectivity index (χ2v) is 8.39. The molecule has 0 amide bonds.